The number of benzene rings is 2. The lowest BCUT2D eigenvalue weighted by Gasteiger charge is -2.39. The molecule has 0 saturated heterocycles. The number of thioether (sulfide) groups is 1. The molecule has 0 bridgehead atoms. The minimum Gasteiger partial charge on any atom is -0.497 e. The molecule has 0 saturated carbocycles. The lowest BCUT2D eigenvalue weighted by molar-refractivity contribution is 0.377. The fourth-order valence-electron chi connectivity index (χ4n) is 3.26. The molecular weight excluding hydrogens is 352 g/mol. The summed E-state index contributed by atoms with van der Waals surface area (Å²) in [5.74, 6) is 1.80. The van der Waals surface area contributed by atoms with Crippen molar-refractivity contribution in [1.82, 2.24) is 0 Å². The molecule has 2 aromatic rings. The second-order valence-corrected chi connectivity index (χ2v) is 10.4. The average Bonchev–Trinajstić information content (AvgIpc) is 2.60. The Morgan fingerprint density at radius 3 is 1.11 bits per heavy atom. The van der Waals surface area contributed by atoms with Crippen LogP contribution in [-0.4, -0.2) is 14.2 Å². The van der Waals surface area contributed by atoms with Gasteiger partial charge in [-0.25, -0.2) is 0 Å². The van der Waals surface area contributed by atoms with E-state index in [9.17, 15) is 0 Å². The van der Waals surface area contributed by atoms with Gasteiger partial charge in [0.05, 0.1) is 14.2 Å². The first-order valence-electron chi connectivity index (χ1n) is 9.49. The Labute approximate surface area is 169 Å². The molecule has 0 aliphatic heterocycles. The SMILES string of the molecule is COc1ccc(C(SC(c2ccc(OC)cc2)C(C)(C)C)C(C)(C)C)cc1. The molecule has 2 rings (SSSR count). The summed E-state index contributed by atoms with van der Waals surface area (Å²) in [6.07, 6.45) is 0. The number of methoxy groups -OCH3 is 2. The Bertz CT molecular complexity index is 643. The molecule has 0 N–H and O–H groups in total. The third-order valence-corrected chi connectivity index (χ3v) is 7.19. The Morgan fingerprint density at radius 2 is 0.889 bits per heavy atom. The standard InChI is InChI=1S/C24H34O2S/c1-23(2,3)21(17-9-13-19(25-7)14-10-17)27-22(24(4,5)6)18-11-15-20(26-8)16-12-18/h9-16,21-22H,1-8H3. The average molecular weight is 387 g/mol. The third kappa shape index (κ3) is 5.68. The van der Waals surface area contributed by atoms with Crippen LogP contribution in [-0.2, 0) is 0 Å². The molecule has 27 heavy (non-hydrogen) atoms. The van der Waals surface area contributed by atoms with E-state index < -0.39 is 0 Å². The van der Waals surface area contributed by atoms with E-state index in [1.165, 1.54) is 11.1 Å². The summed E-state index contributed by atoms with van der Waals surface area (Å²) in [7, 11) is 3.43. The summed E-state index contributed by atoms with van der Waals surface area (Å²) in [6, 6.07) is 17.1. The minimum absolute atomic E-state index is 0.134. The molecule has 0 aliphatic carbocycles. The molecule has 0 heterocycles. The predicted octanol–water partition coefficient (Wildman–Crippen LogP) is 7.31. The van der Waals surface area contributed by atoms with E-state index in [1.54, 1.807) is 14.2 Å². The fraction of sp³-hybridized carbons (Fsp3) is 0.500. The van der Waals surface area contributed by atoms with Gasteiger partial charge < -0.3 is 9.47 Å². The van der Waals surface area contributed by atoms with Crippen LogP contribution >= 0.6 is 11.8 Å². The first kappa shape index (κ1) is 21.7. The molecule has 2 nitrogen and oxygen atoms in total. The maximum atomic E-state index is 5.34. The fourth-order valence-corrected chi connectivity index (χ4v) is 4.98. The largest absolute Gasteiger partial charge is 0.497 e. The van der Waals surface area contributed by atoms with Gasteiger partial charge in [0, 0.05) is 10.5 Å². The monoisotopic (exact) mass is 386 g/mol. The highest BCUT2D eigenvalue weighted by Gasteiger charge is 2.35. The first-order chi connectivity index (χ1) is 12.6. The van der Waals surface area contributed by atoms with E-state index in [4.69, 9.17) is 9.47 Å². The molecule has 0 amide bonds. The second-order valence-electron chi connectivity index (χ2n) is 9.17. The zero-order valence-electron chi connectivity index (χ0n) is 18.0. The van der Waals surface area contributed by atoms with Crippen LogP contribution in [0.15, 0.2) is 48.5 Å². The maximum Gasteiger partial charge on any atom is 0.118 e. The topological polar surface area (TPSA) is 18.5 Å². The van der Waals surface area contributed by atoms with Crippen molar-refractivity contribution in [2.24, 2.45) is 10.8 Å². The molecular formula is C24H34O2S. The summed E-state index contributed by atoms with van der Waals surface area (Å²) in [4.78, 5) is 0. The van der Waals surface area contributed by atoms with Crippen molar-refractivity contribution in [3.63, 3.8) is 0 Å². The van der Waals surface area contributed by atoms with Crippen LogP contribution in [0.3, 0.4) is 0 Å². The molecule has 2 aromatic carbocycles. The molecule has 2 atom stereocenters. The second kappa shape index (κ2) is 8.60. The Morgan fingerprint density at radius 1 is 0.593 bits per heavy atom. The van der Waals surface area contributed by atoms with Crippen molar-refractivity contribution < 1.29 is 9.47 Å². The van der Waals surface area contributed by atoms with Crippen molar-refractivity contribution in [2.45, 2.75) is 52.0 Å². The van der Waals surface area contributed by atoms with Crippen LogP contribution in [0.1, 0.15) is 63.2 Å². The summed E-state index contributed by atoms with van der Waals surface area (Å²) >= 11 is 2.06. The van der Waals surface area contributed by atoms with E-state index in [1.807, 2.05) is 0 Å². The van der Waals surface area contributed by atoms with E-state index in [0.29, 0.717) is 10.5 Å². The van der Waals surface area contributed by atoms with Gasteiger partial charge in [-0.3, -0.25) is 0 Å². The van der Waals surface area contributed by atoms with Gasteiger partial charge in [0.1, 0.15) is 11.5 Å². The summed E-state index contributed by atoms with van der Waals surface area (Å²) < 4.78 is 10.7. The maximum absolute atomic E-state index is 5.34. The molecule has 148 valence electrons. The van der Waals surface area contributed by atoms with Gasteiger partial charge in [-0.2, -0.15) is 0 Å². The van der Waals surface area contributed by atoms with Crippen molar-refractivity contribution >= 4 is 11.8 Å². The van der Waals surface area contributed by atoms with E-state index in [-0.39, 0.29) is 10.8 Å². The van der Waals surface area contributed by atoms with Crippen molar-refractivity contribution in [3.05, 3.63) is 59.7 Å². The quantitative estimate of drug-likeness (QED) is 0.518. The molecule has 0 aromatic heterocycles. The lowest BCUT2D eigenvalue weighted by Crippen LogP contribution is -2.22. The van der Waals surface area contributed by atoms with Crippen LogP contribution in [0, 0.1) is 10.8 Å². The number of ether oxygens (including phenoxy) is 2. The molecule has 0 fully saturated rings. The van der Waals surface area contributed by atoms with Crippen LogP contribution in [0.4, 0.5) is 0 Å². The number of hydrogen-bond donors (Lipinski definition) is 0. The van der Waals surface area contributed by atoms with Crippen LogP contribution in [0.2, 0.25) is 0 Å². The van der Waals surface area contributed by atoms with Crippen LogP contribution in [0.25, 0.3) is 0 Å². The van der Waals surface area contributed by atoms with Gasteiger partial charge in [-0.15, -0.1) is 11.8 Å². The van der Waals surface area contributed by atoms with Crippen LogP contribution in [0.5, 0.6) is 11.5 Å². The van der Waals surface area contributed by atoms with E-state index in [0.717, 1.165) is 11.5 Å². The normalized spacial score (nSPS) is 14.5. The highest BCUT2D eigenvalue weighted by atomic mass is 32.2. The van der Waals surface area contributed by atoms with Gasteiger partial charge in [-0.05, 0) is 46.2 Å². The molecule has 2 unspecified atom stereocenters. The van der Waals surface area contributed by atoms with E-state index in [2.05, 4.69) is 102 Å². The summed E-state index contributed by atoms with van der Waals surface area (Å²) in [5, 5.41) is 0.740. The highest BCUT2D eigenvalue weighted by molar-refractivity contribution is 7.99. The Hall–Kier alpha value is -1.61. The van der Waals surface area contributed by atoms with E-state index >= 15 is 0 Å². The summed E-state index contributed by atoms with van der Waals surface area (Å²) in [5.41, 5.74) is 2.96. The molecule has 3 heteroatoms. The van der Waals surface area contributed by atoms with Gasteiger partial charge in [0.25, 0.3) is 0 Å². The molecule has 0 radical (unpaired) electrons. The number of rotatable bonds is 6. The Kier molecular flexibility index (Phi) is 6.91. The highest BCUT2D eigenvalue weighted by Crippen LogP contribution is 2.55. The zero-order chi connectivity index (χ0) is 20.2. The van der Waals surface area contributed by atoms with Gasteiger partial charge in [-0.1, -0.05) is 65.8 Å². The van der Waals surface area contributed by atoms with Crippen molar-refractivity contribution in [2.75, 3.05) is 14.2 Å². The van der Waals surface area contributed by atoms with Gasteiger partial charge >= 0.3 is 0 Å². The lowest BCUT2D eigenvalue weighted by atomic mass is 9.86. The number of hydrogen-bond acceptors (Lipinski definition) is 3. The van der Waals surface area contributed by atoms with Crippen molar-refractivity contribution in [1.29, 1.82) is 0 Å². The van der Waals surface area contributed by atoms with Crippen LogP contribution < -0.4 is 9.47 Å². The van der Waals surface area contributed by atoms with Gasteiger partial charge in [0.2, 0.25) is 0 Å². The third-order valence-electron chi connectivity index (χ3n) is 4.68. The van der Waals surface area contributed by atoms with Gasteiger partial charge in [0.15, 0.2) is 0 Å². The predicted molar refractivity (Wildman–Crippen MR) is 118 cm³/mol. The molecule has 0 aliphatic rings. The van der Waals surface area contributed by atoms with Crippen molar-refractivity contribution in [3.8, 4) is 11.5 Å². The first-order valence-corrected chi connectivity index (χ1v) is 10.4. The Balaban J connectivity index is 2.40. The zero-order valence-corrected chi connectivity index (χ0v) is 18.8. The smallest absolute Gasteiger partial charge is 0.118 e. The summed E-state index contributed by atoms with van der Waals surface area (Å²) in [6.45, 7) is 13.9. The molecule has 0 spiro atoms. The minimum atomic E-state index is 0.134.